The number of hydrogen-bond donors (Lipinski definition) is 0. The Labute approximate surface area is 160 Å². The lowest BCUT2D eigenvalue weighted by Gasteiger charge is -2.21. The van der Waals surface area contributed by atoms with Crippen molar-refractivity contribution in [1.82, 2.24) is 0 Å². The molecule has 0 atom stereocenters. The molecular weight excluding hydrogens is 363 g/mol. The van der Waals surface area contributed by atoms with Gasteiger partial charge in [0.05, 0.1) is 13.2 Å². The second-order valence-corrected chi connectivity index (χ2v) is 8.94. The predicted molar refractivity (Wildman–Crippen MR) is 106 cm³/mol. The van der Waals surface area contributed by atoms with Crippen molar-refractivity contribution in [3.8, 4) is 0 Å². The van der Waals surface area contributed by atoms with Crippen LogP contribution >= 0.6 is 7.14 Å². The first-order valence-corrected chi connectivity index (χ1v) is 11.0. The van der Waals surface area contributed by atoms with Crippen molar-refractivity contribution < 1.29 is 23.6 Å². The van der Waals surface area contributed by atoms with Crippen LogP contribution < -0.4 is 10.6 Å². The lowest BCUT2D eigenvalue weighted by atomic mass is 10.1. The van der Waals surface area contributed by atoms with Gasteiger partial charge in [0, 0.05) is 16.8 Å². The molecule has 0 heterocycles. The highest BCUT2D eigenvalue weighted by atomic mass is 31.2. The Balaban J connectivity index is 2.33. The maximum atomic E-state index is 14.0. The van der Waals surface area contributed by atoms with E-state index in [1.807, 2.05) is 60.7 Å². The summed E-state index contributed by atoms with van der Waals surface area (Å²) in [5.41, 5.74) is 0. The van der Waals surface area contributed by atoms with Gasteiger partial charge in [0.25, 0.3) is 0 Å². The van der Waals surface area contributed by atoms with E-state index >= 15 is 0 Å². The van der Waals surface area contributed by atoms with E-state index in [9.17, 15) is 14.2 Å². The third-order valence-electron chi connectivity index (χ3n) is 4.22. The van der Waals surface area contributed by atoms with Crippen LogP contribution in [0, 0.1) is 5.92 Å². The molecule has 0 spiro atoms. The second-order valence-electron chi connectivity index (χ2n) is 5.98. The van der Waals surface area contributed by atoms with Gasteiger partial charge in [0.1, 0.15) is 7.14 Å². The van der Waals surface area contributed by atoms with Crippen molar-refractivity contribution in [2.45, 2.75) is 20.3 Å². The van der Waals surface area contributed by atoms with E-state index in [1.54, 1.807) is 13.8 Å². The van der Waals surface area contributed by atoms with E-state index in [4.69, 9.17) is 9.47 Å². The van der Waals surface area contributed by atoms with Crippen LogP contribution in [0.2, 0.25) is 0 Å². The largest absolute Gasteiger partial charge is 0.465 e. The molecule has 0 amide bonds. The van der Waals surface area contributed by atoms with Crippen molar-refractivity contribution in [3.05, 3.63) is 60.7 Å². The van der Waals surface area contributed by atoms with E-state index in [1.165, 1.54) is 0 Å². The van der Waals surface area contributed by atoms with Gasteiger partial charge >= 0.3 is 11.9 Å². The molecule has 0 unspecified atom stereocenters. The van der Waals surface area contributed by atoms with E-state index < -0.39 is 25.0 Å². The van der Waals surface area contributed by atoms with Crippen LogP contribution in [-0.4, -0.2) is 31.3 Å². The highest BCUT2D eigenvalue weighted by Crippen LogP contribution is 2.44. The maximum absolute atomic E-state index is 14.0. The fraction of sp³-hybridized carbons (Fsp3) is 0.333. The van der Waals surface area contributed by atoms with Gasteiger partial charge in [-0.05, 0) is 20.3 Å². The molecular formula is C21H25O5P. The Bertz CT molecular complexity index is 727. The minimum absolute atomic E-state index is 0.0960. The van der Waals surface area contributed by atoms with Crippen LogP contribution in [0.5, 0.6) is 0 Å². The number of benzene rings is 2. The summed E-state index contributed by atoms with van der Waals surface area (Å²) < 4.78 is 24.0. The van der Waals surface area contributed by atoms with Crippen LogP contribution in [-0.2, 0) is 23.6 Å². The first kappa shape index (κ1) is 20.9. The Morgan fingerprint density at radius 2 is 1.22 bits per heavy atom. The lowest BCUT2D eigenvalue weighted by molar-refractivity contribution is -0.161. The van der Waals surface area contributed by atoms with Crippen molar-refractivity contribution in [1.29, 1.82) is 0 Å². The third kappa shape index (κ3) is 5.30. The monoisotopic (exact) mass is 388 g/mol. The van der Waals surface area contributed by atoms with Crippen LogP contribution in [0.4, 0.5) is 0 Å². The summed E-state index contributed by atoms with van der Waals surface area (Å²) in [6.45, 7) is 3.70. The first-order valence-electron chi connectivity index (χ1n) is 9.06. The molecule has 5 nitrogen and oxygen atoms in total. The van der Waals surface area contributed by atoms with Gasteiger partial charge in [-0.3, -0.25) is 9.59 Å². The van der Waals surface area contributed by atoms with E-state index in [-0.39, 0.29) is 25.8 Å². The topological polar surface area (TPSA) is 69.7 Å². The first-order chi connectivity index (χ1) is 13.0. The van der Waals surface area contributed by atoms with Gasteiger partial charge in [-0.25, -0.2) is 0 Å². The van der Waals surface area contributed by atoms with Crippen LogP contribution in [0.3, 0.4) is 0 Å². The summed E-state index contributed by atoms with van der Waals surface area (Å²) in [4.78, 5) is 24.5. The Morgan fingerprint density at radius 3 is 1.59 bits per heavy atom. The third-order valence-corrected chi connectivity index (χ3v) is 7.37. The quantitative estimate of drug-likeness (QED) is 0.375. The molecule has 6 heteroatoms. The highest BCUT2D eigenvalue weighted by molar-refractivity contribution is 7.78. The zero-order valence-corrected chi connectivity index (χ0v) is 16.6. The van der Waals surface area contributed by atoms with Crippen LogP contribution in [0.1, 0.15) is 20.3 Å². The fourth-order valence-electron chi connectivity index (χ4n) is 2.87. The van der Waals surface area contributed by atoms with Gasteiger partial charge in [-0.15, -0.1) is 0 Å². The number of carbonyl (C=O) groups is 2. The van der Waals surface area contributed by atoms with Crippen molar-refractivity contribution >= 4 is 29.7 Å². The molecule has 0 aliphatic carbocycles. The molecule has 0 N–H and O–H groups in total. The zero-order chi connectivity index (χ0) is 19.7. The number of esters is 2. The zero-order valence-electron chi connectivity index (χ0n) is 15.7. The maximum Gasteiger partial charge on any atom is 0.320 e. The van der Waals surface area contributed by atoms with Gasteiger partial charge in [0.2, 0.25) is 0 Å². The molecule has 0 saturated heterocycles. The Hall–Kier alpha value is -2.39. The molecule has 2 aromatic rings. The predicted octanol–water partition coefficient (Wildman–Crippen LogP) is 3.13. The minimum atomic E-state index is -3.01. The SMILES string of the molecule is CCOC(=O)C(CCP(=O)(c1ccccc1)c1ccccc1)C(=O)OCC. The molecule has 0 bridgehead atoms. The smallest absolute Gasteiger partial charge is 0.320 e. The summed E-state index contributed by atoms with van der Waals surface area (Å²) in [5.74, 6) is -2.35. The average Bonchev–Trinajstić information content (AvgIpc) is 2.69. The molecule has 2 aromatic carbocycles. The molecule has 0 fully saturated rings. The van der Waals surface area contributed by atoms with Crippen LogP contribution in [0.15, 0.2) is 60.7 Å². The normalized spacial score (nSPS) is 11.2. The summed E-state index contributed by atoms with van der Waals surface area (Å²) in [6.07, 6.45) is 0.266. The Kier molecular flexibility index (Phi) is 7.81. The molecule has 0 aliphatic rings. The van der Waals surface area contributed by atoms with Crippen LogP contribution in [0.25, 0.3) is 0 Å². The summed E-state index contributed by atoms with van der Waals surface area (Å²) >= 11 is 0. The fourth-order valence-corrected chi connectivity index (χ4v) is 5.62. The second kappa shape index (κ2) is 10.1. The summed E-state index contributed by atoms with van der Waals surface area (Å²) in [6, 6.07) is 18.3. The van der Waals surface area contributed by atoms with E-state index in [0.29, 0.717) is 10.6 Å². The molecule has 0 saturated carbocycles. The van der Waals surface area contributed by atoms with Crippen molar-refractivity contribution in [2.24, 2.45) is 5.92 Å². The molecule has 0 radical (unpaired) electrons. The van der Waals surface area contributed by atoms with E-state index in [0.717, 1.165) is 0 Å². The number of rotatable bonds is 9. The standard InChI is InChI=1S/C21H25O5P/c1-3-25-20(22)19(21(23)26-4-2)15-16-27(24,17-11-7-5-8-12-17)18-13-9-6-10-14-18/h5-14,19H,3-4,15-16H2,1-2H3. The number of carbonyl (C=O) groups excluding carboxylic acids is 2. The molecule has 0 aliphatic heterocycles. The minimum Gasteiger partial charge on any atom is -0.465 e. The van der Waals surface area contributed by atoms with Gasteiger partial charge < -0.3 is 14.0 Å². The molecule has 144 valence electrons. The molecule has 2 rings (SSSR count). The molecule has 27 heavy (non-hydrogen) atoms. The van der Waals surface area contributed by atoms with Crippen molar-refractivity contribution in [2.75, 3.05) is 19.4 Å². The number of ether oxygens (including phenoxy) is 2. The van der Waals surface area contributed by atoms with Gasteiger partial charge in [-0.2, -0.15) is 0 Å². The summed E-state index contributed by atoms with van der Waals surface area (Å²) in [7, 11) is -3.01. The van der Waals surface area contributed by atoms with E-state index in [2.05, 4.69) is 0 Å². The van der Waals surface area contributed by atoms with Crippen molar-refractivity contribution in [3.63, 3.8) is 0 Å². The average molecular weight is 388 g/mol. The van der Waals surface area contributed by atoms with Gasteiger partial charge in [-0.1, -0.05) is 60.7 Å². The van der Waals surface area contributed by atoms with Gasteiger partial charge in [0.15, 0.2) is 5.92 Å². The summed E-state index contributed by atoms with van der Waals surface area (Å²) in [5, 5.41) is 1.39. The molecule has 0 aromatic heterocycles. The lowest BCUT2D eigenvalue weighted by Crippen LogP contribution is -2.30. The number of hydrogen-bond acceptors (Lipinski definition) is 5. The highest BCUT2D eigenvalue weighted by Gasteiger charge is 2.34. The Morgan fingerprint density at radius 1 is 0.815 bits per heavy atom.